The molecule has 2 N–H and O–H groups in total. The summed E-state index contributed by atoms with van der Waals surface area (Å²) in [6, 6.07) is 16.3. The number of hydrogen-bond acceptors (Lipinski definition) is 4. The highest BCUT2D eigenvalue weighted by Gasteiger charge is 2.37. The van der Waals surface area contributed by atoms with Crippen LogP contribution in [0.3, 0.4) is 0 Å². The van der Waals surface area contributed by atoms with Crippen LogP contribution < -0.4 is 5.32 Å². The van der Waals surface area contributed by atoms with Crippen LogP contribution in [0.1, 0.15) is 63.5 Å². The van der Waals surface area contributed by atoms with E-state index >= 15 is 0 Å². The lowest BCUT2D eigenvalue weighted by Gasteiger charge is -2.34. The van der Waals surface area contributed by atoms with Gasteiger partial charge in [0.2, 0.25) is 5.91 Å². The normalized spacial score (nSPS) is 14.0. The Bertz CT molecular complexity index is 992. The lowest BCUT2D eigenvalue weighted by Crippen LogP contribution is -2.57. The molecule has 1 aliphatic carbocycles. The van der Waals surface area contributed by atoms with Gasteiger partial charge in [0.25, 0.3) is 0 Å². The van der Waals surface area contributed by atoms with Gasteiger partial charge in [-0.1, -0.05) is 55.5 Å². The van der Waals surface area contributed by atoms with E-state index in [-0.39, 0.29) is 24.9 Å². The molecular weight excluding hydrogens is 432 g/mol. The van der Waals surface area contributed by atoms with Gasteiger partial charge in [-0.15, -0.1) is 0 Å². The monoisotopic (exact) mass is 466 g/mol. The Labute approximate surface area is 201 Å². The fraction of sp³-hybridized carbons (Fsp3) is 0.444. The number of nitrogens with zero attached hydrogens (tertiary/aromatic N) is 1. The fourth-order valence-electron chi connectivity index (χ4n) is 4.48. The molecule has 0 radical (unpaired) electrons. The molecule has 2 aromatic rings. The lowest BCUT2D eigenvalue weighted by atomic mass is 9.96. The lowest BCUT2D eigenvalue weighted by molar-refractivity contribution is -0.137. The number of carbonyl (C=O) groups is 3. The van der Waals surface area contributed by atoms with E-state index in [2.05, 4.69) is 29.6 Å². The zero-order valence-electron chi connectivity index (χ0n) is 20.2. The van der Waals surface area contributed by atoms with Crippen molar-refractivity contribution < 1.29 is 24.2 Å². The minimum atomic E-state index is -1.11. The van der Waals surface area contributed by atoms with Crippen molar-refractivity contribution in [3.63, 3.8) is 0 Å². The van der Waals surface area contributed by atoms with Crippen LogP contribution in [0.25, 0.3) is 11.1 Å². The number of unbranched alkanes of at least 4 members (excludes halogenated alkanes) is 1. The van der Waals surface area contributed by atoms with Crippen molar-refractivity contribution in [2.45, 2.75) is 57.9 Å². The Hall–Kier alpha value is -3.35. The summed E-state index contributed by atoms with van der Waals surface area (Å²) in [6.45, 7) is 6.54. The number of aliphatic carboxylic acids is 1. The van der Waals surface area contributed by atoms with Crippen LogP contribution in [0, 0.1) is 0 Å². The molecule has 182 valence electrons. The Kier molecular flexibility index (Phi) is 8.31. The van der Waals surface area contributed by atoms with Crippen molar-refractivity contribution in [1.82, 2.24) is 10.2 Å². The molecule has 0 bridgehead atoms. The van der Waals surface area contributed by atoms with Gasteiger partial charge >= 0.3 is 12.1 Å². The molecular formula is C27H34N2O5. The molecule has 2 aromatic carbocycles. The molecule has 2 amide bonds. The van der Waals surface area contributed by atoms with E-state index in [1.54, 1.807) is 11.8 Å². The second-order valence-electron chi connectivity index (χ2n) is 8.87. The molecule has 7 heteroatoms. The number of alkyl carbamates (subject to hydrolysis) is 1. The van der Waals surface area contributed by atoms with Crippen molar-refractivity contribution >= 4 is 18.0 Å². The van der Waals surface area contributed by atoms with Gasteiger partial charge in [-0.3, -0.25) is 9.59 Å². The standard InChI is InChI=1S/C27H34N2O5/c1-4-27(3,25(32)29(5-2)17-11-10-16-24(30)31)28-26(33)34-18-23-21-14-8-6-12-19(21)20-13-7-9-15-22(20)23/h6-9,12-15,23H,4-5,10-11,16-18H2,1-3H3,(H,28,33)(H,30,31). The maximum Gasteiger partial charge on any atom is 0.408 e. The van der Waals surface area contributed by atoms with Crippen molar-refractivity contribution in [2.24, 2.45) is 0 Å². The van der Waals surface area contributed by atoms with Crippen LogP contribution in [-0.4, -0.2) is 53.2 Å². The molecule has 7 nitrogen and oxygen atoms in total. The first-order valence-corrected chi connectivity index (χ1v) is 11.9. The second kappa shape index (κ2) is 11.2. The number of carbonyl (C=O) groups excluding carboxylic acids is 2. The van der Waals surface area contributed by atoms with Gasteiger partial charge in [0.1, 0.15) is 12.1 Å². The van der Waals surface area contributed by atoms with Gasteiger partial charge in [0.05, 0.1) is 0 Å². The molecule has 0 heterocycles. The third kappa shape index (κ3) is 5.58. The summed E-state index contributed by atoms with van der Waals surface area (Å²) >= 11 is 0. The number of fused-ring (bicyclic) bond motifs is 3. The number of nitrogens with one attached hydrogen (secondary N) is 1. The van der Waals surface area contributed by atoms with E-state index in [0.717, 1.165) is 22.3 Å². The summed E-state index contributed by atoms with van der Waals surface area (Å²) in [7, 11) is 0. The molecule has 3 rings (SSSR count). The summed E-state index contributed by atoms with van der Waals surface area (Å²) < 4.78 is 5.64. The summed E-state index contributed by atoms with van der Waals surface area (Å²) in [5, 5.41) is 11.6. The average molecular weight is 467 g/mol. The topological polar surface area (TPSA) is 95.9 Å². The number of benzene rings is 2. The number of amides is 2. The van der Waals surface area contributed by atoms with Gasteiger partial charge < -0.3 is 20.1 Å². The van der Waals surface area contributed by atoms with Crippen LogP contribution in [0.2, 0.25) is 0 Å². The van der Waals surface area contributed by atoms with E-state index in [1.807, 2.05) is 38.1 Å². The van der Waals surface area contributed by atoms with Crippen LogP contribution in [0.4, 0.5) is 4.79 Å². The number of likely N-dealkylation sites (N-methyl/N-ethyl adjacent to an activating group) is 1. The van der Waals surface area contributed by atoms with Crippen LogP contribution >= 0.6 is 0 Å². The van der Waals surface area contributed by atoms with Crippen LogP contribution in [0.5, 0.6) is 0 Å². The molecule has 1 unspecified atom stereocenters. The number of carboxylic acid groups (broad SMARTS) is 1. The number of carboxylic acids is 1. The number of ether oxygens (including phenoxy) is 1. The van der Waals surface area contributed by atoms with Crippen molar-refractivity contribution in [3.8, 4) is 11.1 Å². The van der Waals surface area contributed by atoms with Gasteiger partial charge in [0, 0.05) is 25.4 Å². The maximum atomic E-state index is 13.2. The summed E-state index contributed by atoms with van der Waals surface area (Å²) in [6.07, 6.45) is 0.955. The summed E-state index contributed by atoms with van der Waals surface area (Å²) in [5.41, 5.74) is 3.46. The predicted molar refractivity (Wildman–Crippen MR) is 131 cm³/mol. The molecule has 0 spiro atoms. The Morgan fingerprint density at radius 2 is 1.59 bits per heavy atom. The first-order chi connectivity index (χ1) is 16.3. The second-order valence-corrected chi connectivity index (χ2v) is 8.87. The maximum absolute atomic E-state index is 13.2. The van der Waals surface area contributed by atoms with E-state index < -0.39 is 17.6 Å². The Balaban J connectivity index is 1.62. The molecule has 0 saturated heterocycles. The minimum absolute atomic E-state index is 0.0527. The van der Waals surface area contributed by atoms with E-state index in [9.17, 15) is 14.4 Å². The first-order valence-electron chi connectivity index (χ1n) is 11.9. The average Bonchev–Trinajstić information content (AvgIpc) is 3.16. The quantitative estimate of drug-likeness (QED) is 0.464. The van der Waals surface area contributed by atoms with Gasteiger partial charge in [-0.25, -0.2) is 4.79 Å². The highest BCUT2D eigenvalue weighted by atomic mass is 16.5. The third-order valence-electron chi connectivity index (χ3n) is 6.64. The molecule has 0 aromatic heterocycles. The summed E-state index contributed by atoms with van der Waals surface area (Å²) in [5.74, 6) is -1.09. The third-order valence-corrected chi connectivity index (χ3v) is 6.64. The van der Waals surface area contributed by atoms with Crippen LogP contribution in [0.15, 0.2) is 48.5 Å². The van der Waals surface area contributed by atoms with Crippen LogP contribution in [-0.2, 0) is 14.3 Å². The molecule has 0 aliphatic heterocycles. The SMILES string of the molecule is CCN(CCCCC(=O)O)C(=O)C(C)(CC)NC(=O)OCC1c2ccccc2-c2ccccc21. The number of hydrogen-bond donors (Lipinski definition) is 2. The zero-order chi connectivity index (χ0) is 24.7. The van der Waals surface area contributed by atoms with Gasteiger partial charge in [-0.2, -0.15) is 0 Å². The fourth-order valence-corrected chi connectivity index (χ4v) is 4.48. The molecule has 0 saturated carbocycles. The highest BCUT2D eigenvalue weighted by molar-refractivity contribution is 5.89. The molecule has 1 atom stereocenters. The van der Waals surface area contributed by atoms with Gasteiger partial charge in [-0.05, 0) is 55.4 Å². The molecule has 0 fully saturated rings. The van der Waals surface area contributed by atoms with E-state index in [1.165, 1.54) is 0 Å². The van der Waals surface area contributed by atoms with Crippen molar-refractivity contribution in [3.05, 3.63) is 59.7 Å². The smallest absolute Gasteiger partial charge is 0.408 e. The Morgan fingerprint density at radius 3 is 2.12 bits per heavy atom. The first kappa shape index (κ1) is 25.3. The number of rotatable bonds is 11. The minimum Gasteiger partial charge on any atom is -0.481 e. The molecule has 1 aliphatic rings. The van der Waals surface area contributed by atoms with E-state index in [4.69, 9.17) is 9.84 Å². The summed E-state index contributed by atoms with van der Waals surface area (Å²) in [4.78, 5) is 38.4. The van der Waals surface area contributed by atoms with E-state index in [0.29, 0.717) is 32.4 Å². The Morgan fingerprint density at radius 1 is 1.00 bits per heavy atom. The predicted octanol–water partition coefficient (Wildman–Crippen LogP) is 4.80. The molecule has 34 heavy (non-hydrogen) atoms. The zero-order valence-corrected chi connectivity index (χ0v) is 20.2. The highest BCUT2D eigenvalue weighted by Crippen LogP contribution is 2.44. The van der Waals surface area contributed by atoms with Gasteiger partial charge in [0.15, 0.2) is 0 Å². The van der Waals surface area contributed by atoms with Crippen molar-refractivity contribution in [2.75, 3.05) is 19.7 Å². The largest absolute Gasteiger partial charge is 0.481 e. The van der Waals surface area contributed by atoms with Crippen molar-refractivity contribution in [1.29, 1.82) is 0 Å².